The average Bonchev–Trinajstić information content (AvgIpc) is 3.40. The van der Waals surface area contributed by atoms with Gasteiger partial charge in [-0.15, -0.1) is 11.3 Å². The van der Waals surface area contributed by atoms with Crippen LogP contribution in [0.25, 0.3) is 11.3 Å². The lowest BCUT2D eigenvalue weighted by molar-refractivity contribution is -0.141. The molecule has 0 saturated carbocycles. The Bertz CT molecular complexity index is 1240. The summed E-state index contributed by atoms with van der Waals surface area (Å²) >= 11 is 14.0. The second-order valence-electron chi connectivity index (χ2n) is 9.09. The molecule has 36 heavy (non-hydrogen) atoms. The van der Waals surface area contributed by atoms with Crippen molar-refractivity contribution >= 4 is 57.5 Å². The van der Waals surface area contributed by atoms with Crippen LogP contribution < -0.4 is 10.1 Å². The number of urea groups is 1. The summed E-state index contributed by atoms with van der Waals surface area (Å²) in [5.74, 6) is -0.256. The molecule has 2 aromatic rings. The number of ether oxygens (including phenoxy) is 2. The zero-order valence-corrected chi connectivity index (χ0v) is 22.8. The number of hydrogen-bond acceptors (Lipinski definition) is 7. The van der Waals surface area contributed by atoms with Gasteiger partial charge in [0, 0.05) is 25.0 Å². The Hall–Kier alpha value is -2.82. The molecule has 0 radical (unpaired) electrons. The van der Waals surface area contributed by atoms with Gasteiger partial charge in [-0.2, -0.15) is 0 Å². The van der Waals surface area contributed by atoms with Crippen LogP contribution in [0.1, 0.15) is 27.2 Å². The SMILES string of the molecule is CC1=C(CC(=O)Nc2nc(-c3cc(Cl)c(OCC(C)C)c(Cl)c3)cs2)C2C(=O)N(C)C(=O)N(C)C2O1. The second kappa shape index (κ2) is 10.3. The van der Waals surface area contributed by atoms with Crippen molar-refractivity contribution in [3.8, 4) is 17.0 Å². The standard InChI is InChI=1S/C24H26Cl2N4O5S/c1-11(2)9-34-20-15(25)6-13(7-16(20)26)17-10-36-23(27-17)28-18(31)8-14-12(3)35-22-19(14)21(32)29(4)24(33)30(22)5/h6-7,10-11,19,22H,8-9H2,1-5H3,(H,27,28,31). The van der Waals surface area contributed by atoms with Gasteiger partial charge in [-0.1, -0.05) is 37.0 Å². The lowest BCUT2D eigenvalue weighted by Crippen LogP contribution is -2.58. The molecule has 1 N–H and O–H groups in total. The molecule has 2 aliphatic rings. The predicted molar refractivity (Wildman–Crippen MR) is 138 cm³/mol. The fourth-order valence-corrected chi connectivity index (χ4v) is 5.40. The molecule has 4 rings (SSSR count). The maximum atomic E-state index is 12.8. The normalized spacial score (nSPS) is 19.7. The van der Waals surface area contributed by atoms with Gasteiger partial charge in [-0.05, 0) is 30.5 Å². The van der Waals surface area contributed by atoms with E-state index >= 15 is 0 Å². The fraction of sp³-hybridized carbons (Fsp3) is 0.417. The average molecular weight is 553 g/mol. The van der Waals surface area contributed by atoms with E-state index in [0.717, 1.165) is 4.90 Å². The number of nitrogens with one attached hydrogen (secondary N) is 1. The first kappa shape index (κ1) is 26.2. The fourth-order valence-electron chi connectivity index (χ4n) is 4.07. The molecule has 4 amide bonds. The van der Waals surface area contributed by atoms with Crippen molar-refractivity contribution in [3.05, 3.63) is 38.9 Å². The number of amides is 4. The maximum absolute atomic E-state index is 12.8. The third kappa shape index (κ3) is 5.02. The Morgan fingerprint density at radius 3 is 2.56 bits per heavy atom. The van der Waals surface area contributed by atoms with Crippen molar-refractivity contribution in [3.63, 3.8) is 0 Å². The smallest absolute Gasteiger partial charge is 0.329 e. The first-order chi connectivity index (χ1) is 17.0. The zero-order chi connectivity index (χ0) is 26.3. The molecule has 192 valence electrons. The van der Waals surface area contributed by atoms with Gasteiger partial charge >= 0.3 is 6.03 Å². The van der Waals surface area contributed by atoms with E-state index in [1.807, 2.05) is 13.8 Å². The van der Waals surface area contributed by atoms with E-state index in [4.69, 9.17) is 32.7 Å². The number of fused-ring (bicyclic) bond motifs is 1. The van der Waals surface area contributed by atoms with Crippen LogP contribution in [0.3, 0.4) is 0 Å². The first-order valence-electron chi connectivity index (χ1n) is 11.3. The van der Waals surface area contributed by atoms with Gasteiger partial charge < -0.3 is 14.8 Å². The van der Waals surface area contributed by atoms with Crippen molar-refractivity contribution in [1.29, 1.82) is 0 Å². The largest absolute Gasteiger partial charge is 0.490 e. The van der Waals surface area contributed by atoms with Crippen molar-refractivity contribution < 1.29 is 23.9 Å². The summed E-state index contributed by atoms with van der Waals surface area (Å²) < 4.78 is 11.5. The first-order valence-corrected chi connectivity index (χ1v) is 12.9. The van der Waals surface area contributed by atoms with Crippen LogP contribution in [0.4, 0.5) is 9.93 Å². The van der Waals surface area contributed by atoms with E-state index in [-0.39, 0.29) is 12.3 Å². The van der Waals surface area contributed by atoms with E-state index in [1.54, 1.807) is 31.5 Å². The number of imide groups is 1. The van der Waals surface area contributed by atoms with Crippen LogP contribution in [0.15, 0.2) is 28.8 Å². The monoisotopic (exact) mass is 552 g/mol. The van der Waals surface area contributed by atoms with E-state index < -0.39 is 24.1 Å². The molecule has 2 atom stereocenters. The molecule has 0 bridgehead atoms. The maximum Gasteiger partial charge on any atom is 0.329 e. The number of carbonyl (C=O) groups is 3. The van der Waals surface area contributed by atoms with Crippen LogP contribution in [0.5, 0.6) is 5.75 Å². The van der Waals surface area contributed by atoms with Gasteiger partial charge in [0.15, 0.2) is 17.1 Å². The van der Waals surface area contributed by atoms with Crippen molar-refractivity contribution in [2.75, 3.05) is 26.0 Å². The van der Waals surface area contributed by atoms with E-state index in [9.17, 15) is 14.4 Å². The lowest BCUT2D eigenvalue weighted by atomic mass is 9.92. The van der Waals surface area contributed by atoms with Gasteiger partial charge in [0.1, 0.15) is 5.92 Å². The van der Waals surface area contributed by atoms with Crippen molar-refractivity contribution in [2.24, 2.45) is 11.8 Å². The highest BCUT2D eigenvalue weighted by Crippen LogP contribution is 2.40. The van der Waals surface area contributed by atoms with Crippen molar-refractivity contribution in [2.45, 2.75) is 33.4 Å². The molecule has 3 heterocycles. The van der Waals surface area contributed by atoms with Gasteiger partial charge in [-0.25, -0.2) is 9.78 Å². The molecule has 1 saturated heterocycles. The molecule has 1 aromatic carbocycles. The Morgan fingerprint density at radius 1 is 1.25 bits per heavy atom. The predicted octanol–water partition coefficient (Wildman–Crippen LogP) is 5.25. The number of nitrogens with zero attached hydrogens (tertiary/aromatic N) is 3. The molecular weight excluding hydrogens is 527 g/mol. The summed E-state index contributed by atoms with van der Waals surface area (Å²) in [6.07, 6.45) is -0.819. The summed E-state index contributed by atoms with van der Waals surface area (Å²) in [5.41, 5.74) is 1.83. The number of benzene rings is 1. The minimum atomic E-state index is -0.752. The minimum Gasteiger partial charge on any atom is -0.490 e. The number of hydrogen-bond donors (Lipinski definition) is 1. The number of rotatable bonds is 7. The molecule has 1 aromatic heterocycles. The minimum absolute atomic E-state index is 0.0664. The topological polar surface area (TPSA) is 101 Å². The Balaban J connectivity index is 1.45. The third-order valence-electron chi connectivity index (χ3n) is 5.93. The molecule has 2 aliphatic heterocycles. The molecule has 12 heteroatoms. The van der Waals surface area contributed by atoms with Gasteiger partial charge in [0.25, 0.3) is 0 Å². The molecule has 0 spiro atoms. The summed E-state index contributed by atoms with van der Waals surface area (Å²) in [4.78, 5) is 44.7. The highest BCUT2D eigenvalue weighted by Gasteiger charge is 2.50. The summed E-state index contributed by atoms with van der Waals surface area (Å²) in [5, 5.41) is 5.70. The molecular formula is C24H26Cl2N4O5S. The molecule has 1 fully saturated rings. The van der Waals surface area contributed by atoms with Crippen LogP contribution >= 0.6 is 34.5 Å². The molecule has 2 unspecified atom stereocenters. The third-order valence-corrected chi connectivity index (χ3v) is 7.25. The van der Waals surface area contributed by atoms with Crippen molar-refractivity contribution in [1.82, 2.24) is 14.8 Å². The Labute approximate surface area is 223 Å². The molecule has 0 aliphatic carbocycles. The number of thiazole rings is 1. The molecule has 9 nitrogen and oxygen atoms in total. The number of allylic oxidation sites excluding steroid dienone is 1. The summed E-state index contributed by atoms with van der Waals surface area (Å²) in [6.45, 7) is 6.24. The lowest BCUT2D eigenvalue weighted by Gasteiger charge is -2.37. The zero-order valence-electron chi connectivity index (χ0n) is 20.4. The van der Waals surface area contributed by atoms with Gasteiger partial charge in [0.05, 0.1) is 34.5 Å². The highest BCUT2D eigenvalue weighted by atomic mass is 35.5. The number of carbonyl (C=O) groups excluding carboxylic acids is 3. The highest BCUT2D eigenvalue weighted by molar-refractivity contribution is 7.14. The van der Waals surface area contributed by atoms with E-state index in [1.165, 1.54) is 23.3 Å². The van der Waals surface area contributed by atoms with Gasteiger partial charge in [-0.3, -0.25) is 19.4 Å². The second-order valence-corrected chi connectivity index (χ2v) is 10.8. The summed E-state index contributed by atoms with van der Waals surface area (Å²) in [7, 11) is 2.99. The van der Waals surface area contributed by atoms with E-state index in [2.05, 4.69) is 10.3 Å². The van der Waals surface area contributed by atoms with Crippen LogP contribution in [-0.4, -0.2) is 59.6 Å². The van der Waals surface area contributed by atoms with Crippen LogP contribution in [-0.2, 0) is 14.3 Å². The van der Waals surface area contributed by atoms with Crippen LogP contribution in [0.2, 0.25) is 10.0 Å². The van der Waals surface area contributed by atoms with E-state index in [0.29, 0.717) is 56.0 Å². The van der Waals surface area contributed by atoms with Gasteiger partial charge in [0.2, 0.25) is 11.8 Å². The Kier molecular flexibility index (Phi) is 7.49. The number of halogens is 2. The number of anilines is 1. The summed E-state index contributed by atoms with van der Waals surface area (Å²) in [6, 6.07) is 2.99. The van der Waals surface area contributed by atoms with Crippen LogP contribution in [0, 0.1) is 11.8 Å². The Morgan fingerprint density at radius 2 is 1.92 bits per heavy atom. The quantitative estimate of drug-likeness (QED) is 0.503. The number of aromatic nitrogens is 1.